The predicted molar refractivity (Wildman–Crippen MR) is 112 cm³/mol. The molecule has 2 aromatic heterocycles. The predicted octanol–water partition coefficient (Wildman–Crippen LogP) is 3.70. The van der Waals surface area contributed by atoms with Gasteiger partial charge in [0, 0.05) is 19.3 Å². The number of amides is 1. The van der Waals surface area contributed by atoms with Crippen LogP contribution in [-0.4, -0.2) is 40.0 Å². The van der Waals surface area contributed by atoms with E-state index in [0.717, 1.165) is 41.8 Å². The lowest BCUT2D eigenvalue weighted by molar-refractivity contribution is 0.0681. The molecule has 1 aliphatic heterocycles. The highest BCUT2D eigenvalue weighted by Gasteiger charge is 2.20. The van der Waals surface area contributed by atoms with E-state index < -0.39 is 0 Å². The summed E-state index contributed by atoms with van der Waals surface area (Å²) >= 11 is 0. The Bertz CT molecular complexity index is 1070. The third-order valence-electron chi connectivity index (χ3n) is 5.18. The van der Waals surface area contributed by atoms with Gasteiger partial charge in [-0.15, -0.1) is 0 Å². The second-order valence-corrected chi connectivity index (χ2v) is 7.62. The molecule has 0 spiro atoms. The van der Waals surface area contributed by atoms with Crippen LogP contribution in [0.1, 0.15) is 40.2 Å². The van der Waals surface area contributed by atoms with Crippen LogP contribution in [0, 0.1) is 20.8 Å². The molecule has 0 bridgehead atoms. The number of nitrogens with zero attached hydrogens (tertiary/aromatic N) is 3. The van der Waals surface area contributed by atoms with Gasteiger partial charge in [-0.1, -0.05) is 6.07 Å². The van der Waals surface area contributed by atoms with E-state index in [9.17, 15) is 4.79 Å². The Morgan fingerprint density at radius 3 is 2.90 bits per heavy atom. The number of ether oxygens (including phenoxy) is 2. The molecule has 4 rings (SSSR count). The number of anilines is 1. The summed E-state index contributed by atoms with van der Waals surface area (Å²) in [4.78, 5) is 17.7. The second kappa shape index (κ2) is 7.83. The highest BCUT2D eigenvalue weighted by Crippen LogP contribution is 2.29. The average molecular weight is 394 g/mol. The lowest BCUT2D eigenvalue weighted by Gasteiger charge is -2.16. The SMILES string of the molecule is Cc1ccc(NC(=O)c2cc(C)nc3c2c(C)nn3C)c(OCC2CCCO2)c1. The molecule has 1 amide bonds. The quantitative estimate of drug-likeness (QED) is 0.714. The number of pyridine rings is 1. The number of aryl methyl sites for hydroxylation is 4. The van der Waals surface area contributed by atoms with Crippen LogP contribution in [-0.2, 0) is 11.8 Å². The molecule has 0 aliphatic carbocycles. The Morgan fingerprint density at radius 2 is 2.14 bits per heavy atom. The van der Waals surface area contributed by atoms with E-state index in [2.05, 4.69) is 15.4 Å². The molecular formula is C22H26N4O3. The van der Waals surface area contributed by atoms with Gasteiger partial charge in [0.2, 0.25) is 0 Å². The fourth-order valence-corrected chi connectivity index (χ4v) is 3.75. The zero-order chi connectivity index (χ0) is 20.5. The Labute approximate surface area is 170 Å². The van der Waals surface area contributed by atoms with Crippen molar-refractivity contribution in [2.24, 2.45) is 7.05 Å². The summed E-state index contributed by atoms with van der Waals surface area (Å²) in [5, 5.41) is 8.20. The maximum absolute atomic E-state index is 13.2. The van der Waals surface area contributed by atoms with Gasteiger partial charge in [0.25, 0.3) is 5.91 Å². The molecule has 1 aliphatic rings. The first-order chi connectivity index (χ1) is 13.9. The van der Waals surface area contributed by atoms with Crippen LogP contribution in [0.5, 0.6) is 5.75 Å². The molecule has 3 aromatic rings. The van der Waals surface area contributed by atoms with Crippen molar-refractivity contribution >= 4 is 22.6 Å². The van der Waals surface area contributed by atoms with E-state index >= 15 is 0 Å². The number of hydrogen-bond donors (Lipinski definition) is 1. The molecule has 152 valence electrons. The first kappa shape index (κ1) is 19.4. The molecule has 29 heavy (non-hydrogen) atoms. The zero-order valence-electron chi connectivity index (χ0n) is 17.3. The minimum atomic E-state index is -0.206. The van der Waals surface area contributed by atoms with E-state index in [-0.39, 0.29) is 12.0 Å². The minimum Gasteiger partial charge on any atom is -0.489 e. The number of nitrogens with one attached hydrogen (secondary N) is 1. The molecule has 1 N–H and O–H groups in total. The molecule has 3 heterocycles. The van der Waals surface area contributed by atoms with Gasteiger partial charge < -0.3 is 14.8 Å². The third kappa shape index (κ3) is 3.96. The van der Waals surface area contributed by atoms with Crippen LogP contribution in [0.3, 0.4) is 0 Å². The molecule has 7 heteroatoms. The van der Waals surface area contributed by atoms with Crippen LogP contribution in [0.25, 0.3) is 11.0 Å². The molecule has 0 saturated carbocycles. The molecule has 1 atom stereocenters. The molecule has 1 saturated heterocycles. The Hall–Kier alpha value is -2.93. The van der Waals surface area contributed by atoms with E-state index in [1.807, 2.05) is 46.0 Å². The number of benzene rings is 1. The van der Waals surface area contributed by atoms with Crippen molar-refractivity contribution in [2.45, 2.75) is 39.7 Å². The summed E-state index contributed by atoms with van der Waals surface area (Å²) < 4.78 is 13.4. The van der Waals surface area contributed by atoms with Crippen LogP contribution in [0.15, 0.2) is 24.3 Å². The number of carbonyl (C=O) groups is 1. The standard InChI is InChI=1S/C22H26N4O3/c1-13-7-8-18(19(10-13)29-12-16-6-5-9-28-16)24-22(27)17-11-14(2)23-21-20(17)15(3)25-26(21)4/h7-8,10-11,16H,5-6,9,12H2,1-4H3,(H,24,27). The fourth-order valence-electron chi connectivity index (χ4n) is 3.75. The van der Waals surface area contributed by atoms with Gasteiger partial charge in [-0.25, -0.2) is 4.98 Å². The van der Waals surface area contributed by atoms with Crippen molar-refractivity contribution in [3.8, 4) is 5.75 Å². The maximum atomic E-state index is 13.2. The number of fused-ring (bicyclic) bond motifs is 1. The van der Waals surface area contributed by atoms with Crippen LogP contribution in [0.2, 0.25) is 0 Å². The molecule has 7 nitrogen and oxygen atoms in total. The van der Waals surface area contributed by atoms with Gasteiger partial charge in [0.05, 0.1) is 28.4 Å². The van der Waals surface area contributed by atoms with Crippen molar-refractivity contribution in [2.75, 3.05) is 18.5 Å². The first-order valence-corrected chi connectivity index (χ1v) is 9.89. The minimum absolute atomic E-state index is 0.111. The highest BCUT2D eigenvalue weighted by atomic mass is 16.5. The number of carbonyl (C=O) groups excluding carboxylic acids is 1. The van der Waals surface area contributed by atoms with Gasteiger partial charge in [0.15, 0.2) is 5.65 Å². The monoisotopic (exact) mass is 394 g/mol. The molecule has 1 aromatic carbocycles. The van der Waals surface area contributed by atoms with Crippen LogP contribution < -0.4 is 10.1 Å². The van der Waals surface area contributed by atoms with Crippen molar-refractivity contribution < 1.29 is 14.3 Å². The third-order valence-corrected chi connectivity index (χ3v) is 5.18. The van der Waals surface area contributed by atoms with Gasteiger partial charge in [-0.05, 0) is 57.4 Å². The van der Waals surface area contributed by atoms with Crippen molar-refractivity contribution in [1.29, 1.82) is 0 Å². The summed E-state index contributed by atoms with van der Waals surface area (Å²) in [6.45, 7) is 7.03. The normalized spacial score (nSPS) is 16.3. The van der Waals surface area contributed by atoms with Crippen LogP contribution in [0.4, 0.5) is 5.69 Å². The summed E-state index contributed by atoms with van der Waals surface area (Å²) in [7, 11) is 1.83. The summed E-state index contributed by atoms with van der Waals surface area (Å²) in [5.74, 6) is 0.446. The first-order valence-electron chi connectivity index (χ1n) is 9.89. The van der Waals surface area contributed by atoms with Gasteiger partial charge in [-0.2, -0.15) is 5.10 Å². The Morgan fingerprint density at radius 1 is 1.31 bits per heavy atom. The van der Waals surface area contributed by atoms with E-state index in [1.54, 1.807) is 10.7 Å². The van der Waals surface area contributed by atoms with Crippen molar-refractivity contribution in [1.82, 2.24) is 14.8 Å². The lowest BCUT2D eigenvalue weighted by atomic mass is 10.1. The topological polar surface area (TPSA) is 78.3 Å². The van der Waals surface area contributed by atoms with Gasteiger partial charge >= 0.3 is 0 Å². The number of aromatic nitrogens is 3. The van der Waals surface area contributed by atoms with Gasteiger partial charge in [0.1, 0.15) is 12.4 Å². The Balaban J connectivity index is 1.62. The molecule has 1 fully saturated rings. The van der Waals surface area contributed by atoms with Crippen molar-refractivity contribution in [3.05, 3.63) is 46.8 Å². The van der Waals surface area contributed by atoms with E-state index in [4.69, 9.17) is 9.47 Å². The largest absolute Gasteiger partial charge is 0.489 e. The molecular weight excluding hydrogens is 368 g/mol. The summed E-state index contributed by atoms with van der Waals surface area (Å²) in [6.07, 6.45) is 2.18. The van der Waals surface area contributed by atoms with Crippen LogP contribution >= 0.6 is 0 Å². The zero-order valence-corrected chi connectivity index (χ0v) is 17.3. The second-order valence-electron chi connectivity index (χ2n) is 7.62. The van der Waals surface area contributed by atoms with Gasteiger partial charge in [-0.3, -0.25) is 9.48 Å². The highest BCUT2D eigenvalue weighted by molar-refractivity contribution is 6.13. The van der Waals surface area contributed by atoms with E-state index in [0.29, 0.717) is 29.3 Å². The lowest BCUT2D eigenvalue weighted by Crippen LogP contribution is -2.18. The number of rotatable bonds is 5. The molecule has 1 unspecified atom stereocenters. The number of hydrogen-bond acceptors (Lipinski definition) is 5. The summed E-state index contributed by atoms with van der Waals surface area (Å²) in [6, 6.07) is 7.57. The summed E-state index contributed by atoms with van der Waals surface area (Å²) in [5.41, 5.74) is 4.51. The maximum Gasteiger partial charge on any atom is 0.256 e. The Kier molecular flexibility index (Phi) is 5.24. The fraction of sp³-hybridized carbons (Fsp3) is 0.409. The smallest absolute Gasteiger partial charge is 0.256 e. The van der Waals surface area contributed by atoms with E-state index in [1.165, 1.54) is 0 Å². The molecule has 0 radical (unpaired) electrons. The van der Waals surface area contributed by atoms with Crippen molar-refractivity contribution in [3.63, 3.8) is 0 Å². The average Bonchev–Trinajstić information content (AvgIpc) is 3.29.